The summed E-state index contributed by atoms with van der Waals surface area (Å²) in [6.07, 6.45) is 0.730. The maximum atomic E-state index is 13.3. The van der Waals surface area contributed by atoms with E-state index in [9.17, 15) is 9.59 Å². The molecule has 0 saturated heterocycles. The maximum absolute atomic E-state index is 13.3. The lowest BCUT2D eigenvalue weighted by Gasteiger charge is -2.19. The molecule has 2 amide bonds. The number of benzene rings is 2. The van der Waals surface area contributed by atoms with Gasteiger partial charge in [0.05, 0.1) is 28.8 Å². The van der Waals surface area contributed by atoms with Gasteiger partial charge < -0.3 is 20.1 Å². The highest BCUT2D eigenvalue weighted by atomic mass is 35.5. The summed E-state index contributed by atoms with van der Waals surface area (Å²) in [4.78, 5) is 28.8. The maximum Gasteiger partial charge on any atom is 0.268 e. The van der Waals surface area contributed by atoms with E-state index >= 15 is 0 Å². The minimum Gasteiger partial charge on any atom is -0.493 e. The molecule has 1 atom stereocenters. The quantitative estimate of drug-likeness (QED) is 0.550. The standard InChI is InChI=1S/C25H25ClN2O4S/c1-14-5-4-6-20-22(14)23-16(9-10-32-20)12-21(33-23)25(31)28(3)19-8-7-17(11-18(19)26)24(30)27-15(2)13-29/h4-8,11-12,15,29H,9-10,13H2,1-3H3,(H,27,30). The zero-order valence-corrected chi connectivity index (χ0v) is 20.2. The summed E-state index contributed by atoms with van der Waals surface area (Å²) in [5.41, 5.74) is 4.12. The van der Waals surface area contributed by atoms with Gasteiger partial charge in [0, 0.05) is 35.5 Å². The monoisotopic (exact) mass is 484 g/mol. The molecule has 1 aliphatic rings. The van der Waals surface area contributed by atoms with Crippen molar-refractivity contribution in [3.05, 3.63) is 69.1 Å². The zero-order valence-electron chi connectivity index (χ0n) is 18.6. The number of hydrogen-bond donors (Lipinski definition) is 2. The third kappa shape index (κ3) is 4.62. The molecule has 0 radical (unpaired) electrons. The number of nitrogens with one attached hydrogen (secondary N) is 1. The number of rotatable bonds is 5. The fourth-order valence-corrected chi connectivity index (χ4v) is 5.41. The highest BCUT2D eigenvalue weighted by Crippen LogP contribution is 2.43. The number of aryl methyl sites for hydroxylation is 1. The molecule has 2 heterocycles. The molecule has 172 valence electrons. The Morgan fingerprint density at radius 2 is 2.06 bits per heavy atom. The minimum atomic E-state index is -0.367. The summed E-state index contributed by atoms with van der Waals surface area (Å²) in [7, 11) is 1.67. The molecular formula is C25H25ClN2O4S. The second-order valence-electron chi connectivity index (χ2n) is 8.10. The zero-order chi connectivity index (χ0) is 23.7. The van der Waals surface area contributed by atoms with Gasteiger partial charge in [0.25, 0.3) is 11.8 Å². The lowest BCUT2D eigenvalue weighted by atomic mass is 10.0. The van der Waals surface area contributed by atoms with Crippen LogP contribution in [0, 0.1) is 6.92 Å². The lowest BCUT2D eigenvalue weighted by molar-refractivity contribution is 0.0922. The topological polar surface area (TPSA) is 78.9 Å². The normalized spacial score (nSPS) is 13.2. The van der Waals surface area contributed by atoms with Gasteiger partial charge in [-0.25, -0.2) is 0 Å². The second-order valence-corrected chi connectivity index (χ2v) is 9.56. The van der Waals surface area contributed by atoms with Crippen LogP contribution >= 0.6 is 22.9 Å². The Balaban J connectivity index is 1.61. The molecule has 0 spiro atoms. The van der Waals surface area contributed by atoms with Crippen molar-refractivity contribution in [1.82, 2.24) is 5.32 Å². The number of ether oxygens (including phenoxy) is 1. The van der Waals surface area contributed by atoms with Crippen molar-refractivity contribution in [2.75, 3.05) is 25.2 Å². The van der Waals surface area contributed by atoms with Crippen LogP contribution in [0.1, 0.15) is 38.1 Å². The second kappa shape index (κ2) is 9.55. The Morgan fingerprint density at radius 1 is 1.27 bits per heavy atom. The molecule has 1 aliphatic heterocycles. The van der Waals surface area contributed by atoms with E-state index in [1.54, 1.807) is 26.1 Å². The van der Waals surface area contributed by atoms with Gasteiger partial charge in [0.1, 0.15) is 5.75 Å². The molecule has 0 saturated carbocycles. The molecule has 3 aromatic rings. The predicted molar refractivity (Wildman–Crippen MR) is 132 cm³/mol. The Labute approximate surface area is 201 Å². The largest absolute Gasteiger partial charge is 0.493 e. The first-order valence-corrected chi connectivity index (χ1v) is 11.8. The van der Waals surface area contributed by atoms with Crippen LogP contribution in [0.3, 0.4) is 0 Å². The number of aliphatic hydroxyl groups excluding tert-OH is 1. The number of halogens is 1. The van der Waals surface area contributed by atoms with Crippen molar-refractivity contribution < 1.29 is 19.4 Å². The van der Waals surface area contributed by atoms with Gasteiger partial charge in [-0.1, -0.05) is 23.7 Å². The number of amides is 2. The van der Waals surface area contributed by atoms with Crippen molar-refractivity contribution in [2.24, 2.45) is 0 Å². The van der Waals surface area contributed by atoms with Crippen molar-refractivity contribution in [3.8, 4) is 16.2 Å². The summed E-state index contributed by atoms with van der Waals surface area (Å²) >= 11 is 7.90. The van der Waals surface area contributed by atoms with Crippen LogP contribution in [0.15, 0.2) is 42.5 Å². The number of thiophene rings is 1. The molecule has 6 nitrogen and oxygen atoms in total. The van der Waals surface area contributed by atoms with Gasteiger partial charge in [-0.3, -0.25) is 9.59 Å². The van der Waals surface area contributed by atoms with Gasteiger partial charge in [0.15, 0.2) is 0 Å². The highest BCUT2D eigenvalue weighted by molar-refractivity contribution is 7.17. The van der Waals surface area contributed by atoms with Gasteiger partial charge in [0.2, 0.25) is 0 Å². The van der Waals surface area contributed by atoms with Crippen molar-refractivity contribution in [2.45, 2.75) is 26.3 Å². The van der Waals surface area contributed by atoms with Crippen molar-refractivity contribution in [3.63, 3.8) is 0 Å². The number of nitrogens with zero attached hydrogens (tertiary/aromatic N) is 1. The number of aliphatic hydroxyl groups is 1. The Kier molecular flexibility index (Phi) is 6.74. The third-order valence-corrected chi connectivity index (χ3v) is 7.12. The van der Waals surface area contributed by atoms with Crippen LogP contribution in [0.5, 0.6) is 5.75 Å². The van der Waals surface area contributed by atoms with Crippen LogP contribution in [-0.4, -0.2) is 43.2 Å². The fourth-order valence-electron chi connectivity index (χ4n) is 3.80. The Hall–Kier alpha value is -2.87. The van der Waals surface area contributed by atoms with Gasteiger partial charge >= 0.3 is 0 Å². The summed E-state index contributed by atoms with van der Waals surface area (Å²) < 4.78 is 5.91. The van der Waals surface area contributed by atoms with E-state index in [0.717, 1.165) is 33.7 Å². The summed E-state index contributed by atoms with van der Waals surface area (Å²) in [6, 6.07) is 12.4. The molecular weight excluding hydrogens is 460 g/mol. The third-order valence-electron chi connectivity index (χ3n) is 5.64. The Morgan fingerprint density at radius 3 is 2.79 bits per heavy atom. The minimum absolute atomic E-state index is 0.157. The fraction of sp³-hybridized carbons (Fsp3) is 0.280. The molecule has 4 rings (SSSR count). The summed E-state index contributed by atoms with van der Waals surface area (Å²) in [5.74, 6) is 0.338. The van der Waals surface area contributed by atoms with E-state index in [2.05, 4.69) is 5.32 Å². The number of carbonyl (C=O) groups is 2. The van der Waals surface area contributed by atoms with Crippen LogP contribution in [0.4, 0.5) is 5.69 Å². The first-order chi connectivity index (χ1) is 15.8. The molecule has 0 fully saturated rings. The molecule has 1 aromatic heterocycles. The van der Waals surface area contributed by atoms with Gasteiger partial charge in [-0.2, -0.15) is 0 Å². The van der Waals surface area contributed by atoms with Crippen molar-refractivity contribution >= 4 is 40.4 Å². The average Bonchev–Trinajstić information content (AvgIpc) is 3.13. The van der Waals surface area contributed by atoms with E-state index in [1.807, 2.05) is 31.2 Å². The molecule has 1 unspecified atom stereocenters. The van der Waals surface area contributed by atoms with Crippen molar-refractivity contribution in [1.29, 1.82) is 0 Å². The Bertz CT molecular complexity index is 1220. The molecule has 2 aromatic carbocycles. The molecule has 0 bridgehead atoms. The number of fused-ring (bicyclic) bond motifs is 3. The van der Waals surface area contributed by atoms with Crippen LogP contribution in [0.2, 0.25) is 5.02 Å². The molecule has 2 N–H and O–H groups in total. The molecule has 8 heteroatoms. The van der Waals surface area contributed by atoms with E-state index < -0.39 is 0 Å². The SMILES string of the molecule is Cc1cccc2c1-c1sc(C(=O)N(C)c3ccc(C(=O)NC(C)CO)cc3Cl)cc1CCO2. The predicted octanol–water partition coefficient (Wildman–Crippen LogP) is 4.70. The van der Waals surface area contributed by atoms with Gasteiger partial charge in [-0.15, -0.1) is 11.3 Å². The first-order valence-electron chi connectivity index (χ1n) is 10.6. The molecule has 33 heavy (non-hydrogen) atoms. The van der Waals surface area contributed by atoms with Crippen LogP contribution in [-0.2, 0) is 6.42 Å². The van der Waals surface area contributed by atoms with Crippen LogP contribution in [0.25, 0.3) is 10.4 Å². The first kappa shape index (κ1) is 23.3. The van der Waals surface area contributed by atoms with E-state index in [4.69, 9.17) is 21.4 Å². The van der Waals surface area contributed by atoms with E-state index in [-0.39, 0.29) is 24.5 Å². The average molecular weight is 485 g/mol. The summed E-state index contributed by atoms with van der Waals surface area (Å²) in [5, 5.41) is 12.1. The highest BCUT2D eigenvalue weighted by Gasteiger charge is 2.25. The number of carbonyl (C=O) groups excluding carboxylic acids is 2. The molecule has 0 aliphatic carbocycles. The number of hydrogen-bond acceptors (Lipinski definition) is 5. The van der Waals surface area contributed by atoms with Gasteiger partial charge in [-0.05, 0) is 55.3 Å². The van der Waals surface area contributed by atoms with E-state index in [1.165, 1.54) is 22.3 Å². The number of anilines is 1. The van der Waals surface area contributed by atoms with Crippen LogP contribution < -0.4 is 15.0 Å². The lowest BCUT2D eigenvalue weighted by Crippen LogP contribution is -2.35. The summed E-state index contributed by atoms with van der Waals surface area (Å²) in [6.45, 7) is 4.15. The van der Waals surface area contributed by atoms with E-state index in [0.29, 0.717) is 27.8 Å². The smallest absolute Gasteiger partial charge is 0.268 e.